The fourth-order valence-corrected chi connectivity index (χ4v) is 4.61. The van der Waals surface area contributed by atoms with Crippen LogP contribution in [0.25, 0.3) is 55.0 Å². The van der Waals surface area contributed by atoms with Crippen LogP contribution in [0.3, 0.4) is 0 Å². The maximum absolute atomic E-state index is 4.96. The quantitative estimate of drug-likeness (QED) is 0.354. The SMILES string of the molecule is c1cnc2c(c1)nc1n2c2cccc3c4ccccc4c4ccccc4n1c32. The molecule has 0 aliphatic carbocycles. The third-order valence-electron chi connectivity index (χ3n) is 5.73. The average molecular weight is 358 g/mol. The number of fused-ring (bicyclic) bond motifs is 10. The molecule has 0 radical (unpaired) electrons. The van der Waals surface area contributed by atoms with E-state index in [2.05, 4.69) is 80.5 Å². The van der Waals surface area contributed by atoms with Crippen molar-refractivity contribution in [2.45, 2.75) is 0 Å². The van der Waals surface area contributed by atoms with Crippen LogP contribution in [-0.2, 0) is 0 Å². The van der Waals surface area contributed by atoms with Crippen molar-refractivity contribution in [2.24, 2.45) is 0 Å². The van der Waals surface area contributed by atoms with Crippen molar-refractivity contribution in [3.63, 3.8) is 0 Å². The van der Waals surface area contributed by atoms with E-state index in [0.717, 1.165) is 28.0 Å². The monoisotopic (exact) mass is 358 g/mol. The Morgan fingerprint density at radius 1 is 0.571 bits per heavy atom. The maximum atomic E-state index is 4.96. The van der Waals surface area contributed by atoms with Crippen LogP contribution >= 0.6 is 0 Å². The number of pyridine rings is 1. The van der Waals surface area contributed by atoms with Crippen LogP contribution in [0.5, 0.6) is 0 Å². The van der Waals surface area contributed by atoms with Gasteiger partial charge in [-0.15, -0.1) is 0 Å². The molecule has 4 nitrogen and oxygen atoms in total. The highest BCUT2D eigenvalue weighted by Crippen LogP contribution is 2.35. The molecule has 0 aliphatic heterocycles. The van der Waals surface area contributed by atoms with Crippen LogP contribution in [0.1, 0.15) is 0 Å². The molecule has 0 saturated carbocycles. The van der Waals surface area contributed by atoms with Gasteiger partial charge in [0, 0.05) is 17.0 Å². The number of hydrogen-bond acceptors (Lipinski definition) is 2. The van der Waals surface area contributed by atoms with Crippen molar-refractivity contribution in [3.8, 4) is 0 Å². The molecule has 3 aromatic carbocycles. The fraction of sp³-hybridized carbons (Fsp3) is 0. The standard InChI is InChI=1S/C24H14N4/c1-2-8-16-15(7-1)17-9-3-4-12-20(17)27-22-18(16)10-5-13-21(22)28-23-19(26-24(27)28)11-6-14-25-23/h1-14H. The summed E-state index contributed by atoms with van der Waals surface area (Å²) >= 11 is 0. The normalized spacial score (nSPS) is 12.3. The Bertz CT molecular complexity index is 1720. The minimum atomic E-state index is 0.893. The summed E-state index contributed by atoms with van der Waals surface area (Å²) in [5.74, 6) is 0.899. The smallest absolute Gasteiger partial charge is 0.222 e. The Balaban J connectivity index is 1.99. The first-order valence-corrected chi connectivity index (χ1v) is 9.37. The Hall–Kier alpha value is -3.92. The van der Waals surface area contributed by atoms with Gasteiger partial charge >= 0.3 is 0 Å². The summed E-state index contributed by atoms with van der Waals surface area (Å²) in [7, 11) is 0. The number of rotatable bonds is 0. The molecule has 0 saturated heterocycles. The van der Waals surface area contributed by atoms with Gasteiger partial charge in [0.05, 0.1) is 16.6 Å². The topological polar surface area (TPSA) is 34.6 Å². The summed E-state index contributed by atoms with van der Waals surface area (Å²) in [5, 5.41) is 4.94. The molecular weight excluding hydrogens is 344 g/mol. The fourth-order valence-electron chi connectivity index (χ4n) is 4.61. The predicted octanol–water partition coefficient (Wildman–Crippen LogP) is 5.59. The van der Waals surface area contributed by atoms with E-state index in [-0.39, 0.29) is 0 Å². The first-order valence-electron chi connectivity index (χ1n) is 9.37. The molecule has 0 aliphatic rings. The van der Waals surface area contributed by atoms with Crippen LogP contribution < -0.4 is 0 Å². The molecule has 28 heavy (non-hydrogen) atoms. The highest BCUT2D eigenvalue weighted by Gasteiger charge is 2.18. The van der Waals surface area contributed by atoms with Crippen molar-refractivity contribution >= 4 is 55.0 Å². The van der Waals surface area contributed by atoms with E-state index >= 15 is 0 Å². The van der Waals surface area contributed by atoms with E-state index in [1.807, 2.05) is 18.3 Å². The van der Waals surface area contributed by atoms with Gasteiger partial charge in [0.15, 0.2) is 5.65 Å². The van der Waals surface area contributed by atoms with E-state index < -0.39 is 0 Å². The van der Waals surface area contributed by atoms with Gasteiger partial charge in [-0.1, -0.05) is 54.6 Å². The molecule has 4 heteroatoms. The molecule has 0 fully saturated rings. The van der Waals surface area contributed by atoms with Crippen molar-refractivity contribution < 1.29 is 0 Å². The molecular formula is C24H14N4. The summed E-state index contributed by atoms with van der Waals surface area (Å²) < 4.78 is 4.47. The van der Waals surface area contributed by atoms with Gasteiger partial charge in [-0.05, 0) is 35.0 Å². The van der Waals surface area contributed by atoms with E-state index in [1.165, 1.54) is 27.1 Å². The van der Waals surface area contributed by atoms with Crippen molar-refractivity contribution in [1.29, 1.82) is 0 Å². The summed E-state index contributed by atoms with van der Waals surface area (Å²) in [6.07, 6.45) is 1.83. The second kappa shape index (κ2) is 4.87. The second-order valence-electron chi connectivity index (χ2n) is 7.16. The van der Waals surface area contributed by atoms with Crippen molar-refractivity contribution in [1.82, 2.24) is 18.8 Å². The van der Waals surface area contributed by atoms with Gasteiger partial charge in [-0.25, -0.2) is 9.97 Å². The number of imidazole rings is 2. The highest BCUT2D eigenvalue weighted by atomic mass is 15.2. The molecule has 7 rings (SSSR count). The minimum Gasteiger partial charge on any atom is -0.277 e. The lowest BCUT2D eigenvalue weighted by Gasteiger charge is -1.99. The van der Waals surface area contributed by atoms with Crippen LogP contribution in [0.4, 0.5) is 0 Å². The van der Waals surface area contributed by atoms with Crippen LogP contribution in [0.2, 0.25) is 0 Å². The Morgan fingerprint density at radius 2 is 1.29 bits per heavy atom. The van der Waals surface area contributed by atoms with Crippen LogP contribution in [-0.4, -0.2) is 18.8 Å². The summed E-state index contributed by atoms with van der Waals surface area (Å²) in [4.78, 5) is 9.59. The van der Waals surface area contributed by atoms with Gasteiger partial charge in [-0.2, -0.15) is 0 Å². The van der Waals surface area contributed by atoms with E-state index in [1.54, 1.807) is 0 Å². The minimum absolute atomic E-state index is 0.893. The van der Waals surface area contributed by atoms with Crippen LogP contribution in [0, 0.1) is 0 Å². The molecule has 0 N–H and O–H groups in total. The number of nitrogens with zero attached hydrogens (tertiary/aromatic N) is 4. The molecule has 4 aromatic heterocycles. The summed E-state index contributed by atoms with van der Waals surface area (Å²) in [6.45, 7) is 0. The predicted molar refractivity (Wildman–Crippen MR) is 114 cm³/mol. The highest BCUT2D eigenvalue weighted by molar-refractivity contribution is 6.19. The van der Waals surface area contributed by atoms with E-state index in [0.29, 0.717) is 0 Å². The molecule has 4 heterocycles. The van der Waals surface area contributed by atoms with Gasteiger partial charge in [-0.3, -0.25) is 8.80 Å². The lowest BCUT2D eigenvalue weighted by atomic mass is 10.1. The molecule has 0 unspecified atom stereocenters. The zero-order chi connectivity index (χ0) is 18.2. The third-order valence-corrected chi connectivity index (χ3v) is 5.73. The largest absolute Gasteiger partial charge is 0.277 e. The lowest BCUT2D eigenvalue weighted by Crippen LogP contribution is -1.86. The van der Waals surface area contributed by atoms with E-state index in [9.17, 15) is 0 Å². The van der Waals surface area contributed by atoms with Gasteiger partial charge in [0.1, 0.15) is 5.52 Å². The zero-order valence-electron chi connectivity index (χ0n) is 14.9. The number of hydrogen-bond donors (Lipinski definition) is 0. The molecule has 130 valence electrons. The number of para-hydroxylation sites is 2. The van der Waals surface area contributed by atoms with Crippen molar-refractivity contribution in [2.75, 3.05) is 0 Å². The molecule has 0 atom stereocenters. The Labute approximate surface area is 159 Å². The second-order valence-corrected chi connectivity index (χ2v) is 7.16. The summed E-state index contributed by atoms with van der Waals surface area (Å²) in [5.41, 5.74) is 5.25. The number of aromatic nitrogens is 4. The first-order chi connectivity index (χ1) is 13.9. The Morgan fingerprint density at radius 3 is 2.18 bits per heavy atom. The number of benzene rings is 3. The molecule has 0 amide bonds. The molecule has 0 spiro atoms. The lowest BCUT2D eigenvalue weighted by molar-refractivity contribution is 1.19. The zero-order valence-corrected chi connectivity index (χ0v) is 14.9. The first kappa shape index (κ1) is 14.2. The van der Waals surface area contributed by atoms with Gasteiger partial charge in [0.25, 0.3) is 0 Å². The molecule has 7 aromatic rings. The van der Waals surface area contributed by atoms with Gasteiger partial charge < -0.3 is 0 Å². The third kappa shape index (κ3) is 1.57. The van der Waals surface area contributed by atoms with Crippen molar-refractivity contribution in [3.05, 3.63) is 85.1 Å². The molecule has 0 bridgehead atoms. The summed E-state index contributed by atoms with van der Waals surface area (Å²) in [6, 6.07) is 27.7. The van der Waals surface area contributed by atoms with E-state index in [4.69, 9.17) is 4.98 Å². The Kier molecular flexibility index (Phi) is 2.46. The van der Waals surface area contributed by atoms with Gasteiger partial charge in [0.2, 0.25) is 5.78 Å². The van der Waals surface area contributed by atoms with Crippen LogP contribution in [0.15, 0.2) is 85.1 Å². The maximum Gasteiger partial charge on any atom is 0.222 e. The average Bonchev–Trinajstić information content (AvgIpc) is 3.24.